The van der Waals surface area contributed by atoms with Crippen LogP contribution in [0.25, 0.3) is 0 Å². The summed E-state index contributed by atoms with van der Waals surface area (Å²) in [6.07, 6.45) is 0. The zero-order valence-electron chi connectivity index (χ0n) is 12.0. The van der Waals surface area contributed by atoms with Crippen LogP contribution in [0.4, 0.5) is 11.4 Å². The summed E-state index contributed by atoms with van der Waals surface area (Å²) in [5.74, 6) is -2.74. The number of nitro groups is 1. The van der Waals surface area contributed by atoms with Crippen molar-refractivity contribution in [2.45, 2.75) is 0 Å². The number of nitrogens with zero attached hydrogens (tertiary/aromatic N) is 1. The minimum absolute atomic E-state index is 0. The molecule has 9 heteroatoms. The summed E-state index contributed by atoms with van der Waals surface area (Å²) in [4.78, 5) is 32.9. The molecule has 0 aliphatic heterocycles. The second kappa shape index (κ2) is 7.73. The van der Waals surface area contributed by atoms with E-state index in [4.69, 9.17) is 5.11 Å². The van der Waals surface area contributed by atoms with E-state index in [2.05, 4.69) is 5.32 Å². The average molecular weight is 324 g/mol. The van der Waals surface area contributed by atoms with E-state index in [-0.39, 0.29) is 46.5 Å². The van der Waals surface area contributed by atoms with Crippen molar-refractivity contribution >= 4 is 23.3 Å². The molecule has 23 heavy (non-hydrogen) atoms. The van der Waals surface area contributed by atoms with Gasteiger partial charge >= 0.3 is 35.5 Å². The molecule has 2 aromatic rings. The molecule has 0 spiro atoms. The van der Waals surface area contributed by atoms with Crippen LogP contribution in [0.1, 0.15) is 20.7 Å². The third kappa shape index (κ3) is 4.52. The van der Waals surface area contributed by atoms with Crippen LogP contribution in [0.2, 0.25) is 0 Å². The quantitative estimate of drug-likeness (QED) is 0.405. The summed E-state index contributed by atoms with van der Waals surface area (Å²) in [6.45, 7) is 0. The normalized spacial score (nSPS) is 9.57. The molecule has 8 nitrogen and oxygen atoms in total. The second-order valence-corrected chi connectivity index (χ2v) is 4.28. The van der Waals surface area contributed by atoms with Crippen molar-refractivity contribution in [1.82, 2.24) is 0 Å². The molecule has 0 aliphatic carbocycles. The summed E-state index contributed by atoms with van der Waals surface area (Å²) in [5, 5.41) is 33.2. The predicted octanol–water partition coefficient (Wildman–Crippen LogP) is -1.38. The van der Waals surface area contributed by atoms with Crippen LogP contribution in [0, 0.1) is 10.1 Å². The first-order valence-electron chi connectivity index (χ1n) is 5.98. The largest absolute Gasteiger partial charge is 1.00 e. The van der Waals surface area contributed by atoms with E-state index < -0.39 is 28.1 Å². The molecule has 0 aliphatic rings. The van der Waals surface area contributed by atoms with E-state index in [1.54, 1.807) is 0 Å². The molecule has 0 heterocycles. The molecule has 0 bridgehead atoms. The van der Waals surface area contributed by atoms with Crippen molar-refractivity contribution in [2.24, 2.45) is 0 Å². The summed E-state index contributed by atoms with van der Waals surface area (Å²) < 4.78 is 0. The van der Waals surface area contributed by atoms with E-state index in [1.807, 2.05) is 0 Å². The molecule has 0 saturated carbocycles. The Morgan fingerprint density at radius 2 is 1.83 bits per heavy atom. The molecule has 0 fully saturated rings. The number of rotatable bonds is 4. The number of carbonyl (C=O) groups excluding carboxylic acids is 1. The van der Waals surface area contributed by atoms with E-state index >= 15 is 0 Å². The third-order valence-electron chi connectivity index (χ3n) is 2.79. The SMILES string of the molecule is O=C(Nc1ccc([O-])c(C(=O)O)c1)c1cccc([N+](=O)[O-])c1.[Na+]. The number of carboxylic acid groups (broad SMARTS) is 1. The summed E-state index contributed by atoms with van der Waals surface area (Å²) in [6, 6.07) is 8.37. The number of amides is 1. The number of non-ortho nitro benzene ring substituents is 1. The second-order valence-electron chi connectivity index (χ2n) is 4.28. The van der Waals surface area contributed by atoms with E-state index in [1.165, 1.54) is 24.3 Å². The Morgan fingerprint density at radius 1 is 1.13 bits per heavy atom. The Balaban J connectivity index is 0.00000264. The van der Waals surface area contributed by atoms with Crippen molar-refractivity contribution in [3.05, 3.63) is 63.7 Å². The van der Waals surface area contributed by atoms with Crippen LogP contribution in [-0.2, 0) is 0 Å². The van der Waals surface area contributed by atoms with E-state index in [0.29, 0.717) is 0 Å². The average Bonchev–Trinajstić information content (AvgIpc) is 2.49. The zero-order chi connectivity index (χ0) is 16.3. The first kappa shape index (κ1) is 18.6. The van der Waals surface area contributed by atoms with Crippen molar-refractivity contribution in [3.8, 4) is 5.75 Å². The molecule has 0 unspecified atom stereocenters. The summed E-state index contributed by atoms with van der Waals surface area (Å²) in [7, 11) is 0. The maximum atomic E-state index is 12.0. The van der Waals surface area contributed by atoms with Gasteiger partial charge in [-0.05, 0) is 18.2 Å². The maximum Gasteiger partial charge on any atom is 1.00 e. The van der Waals surface area contributed by atoms with Gasteiger partial charge in [-0.15, -0.1) is 0 Å². The number of carbonyl (C=O) groups is 2. The predicted molar refractivity (Wildman–Crippen MR) is 73.9 cm³/mol. The number of carboxylic acids is 1. The van der Waals surface area contributed by atoms with Crippen LogP contribution in [0.15, 0.2) is 42.5 Å². The van der Waals surface area contributed by atoms with Gasteiger partial charge in [-0.2, -0.15) is 0 Å². The van der Waals surface area contributed by atoms with Gasteiger partial charge in [0.2, 0.25) is 0 Å². The maximum absolute atomic E-state index is 12.0. The van der Waals surface area contributed by atoms with Gasteiger partial charge in [0.05, 0.1) is 10.5 Å². The fourth-order valence-corrected chi connectivity index (χ4v) is 1.74. The van der Waals surface area contributed by atoms with Crippen LogP contribution in [-0.4, -0.2) is 21.9 Å². The molecule has 2 aromatic carbocycles. The topological polar surface area (TPSA) is 133 Å². The van der Waals surface area contributed by atoms with E-state index in [9.17, 15) is 24.8 Å². The monoisotopic (exact) mass is 324 g/mol. The standard InChI is InChI=1S/C14H10N2O6.Na/c17-12-5-4-9(7-11(12)14(19)20)15-13(18)8-2-1-3-10(6-8)16(21)22;/h1-7,17H,(H,15,18)(H,19,20);/q;+1/p-1. The molecule has 112 valence electrons. The van der Waals surface area contributed by atoms with Crippen molar-refractivity contribution in [2.75, 3.05) is 5.32 Å². The fourth-order valence-electron chi connectivity index (χ4n) is 1.74. The van der Waals surface area contributed by atoms with E-state index in [0.717, 1.165) is 18.2 Å². The Bertz CT molecular complexity index is 778. The van der Waals surface area contributed by atoms with Crippen LogP contribution in [0.5, 0.6) is 5.75 Å². The Kier molecular flexibility index (Phi) is 6.26. The van der Waals surface area contributed by atoms with Gasteiger partial charge in [0.15, 0.2) is 0 Å². The Morgan fingerprint density at radius 3 is 2.43 bits per heavy atom. The van der Waals surface area contributed by atoms with Gasteiger partial charge < -0.3 is 15.5 Å². The van der Waals surface area contributed by atoms with Gasteiger partial charge in [0, 0.05) is 23.4 Å². The number of nitro benzene ring substituents is 1. The first-order chi connectivity index (χ1) is 10.4. The zero-order valence-corrected chi connectivity index (χ0v) is 14.0. The van der Waals surface area contributed by atoms with Gasteiger partial charge in [-0.3, -0.25) is 14.9 Å². The van der Waals surface area contributed by atoms with Gasteiger partial charge in [-0.1, -0.05) is 17.9 Å². The molecule has 0 saturated heterocycles. The number of anilines is 1. The van der Waals surface area contributed by atoms with Gasteiger partial charge in [0.1, 0.15) is 0 Å². The smallest absolute Gasteiger partial charge is 0.872 e. The molecule has 0 aromatic heterocycles. The van der Waals surface area contributed by atoms with Crippen molar-refractivity contribution < 1.29 is 54.3 Å². The molecule has 2 rings (SSSR count). The molecule has 1 amide bonds. The minimum atomic E-state index is -1.41. The summed E-state index contributed by atoms with van der Waals surface area (Å²) >= 11 is 0. The number of hydrogen-bond acceptors (Lipinski definition) is 5. The number of nitrogens with one attached hydrogen (secondary N) is 1. The molecule has 2 N–H and O–H groups in total. The van der Waals surface area contributed by atoms with Crippen molar-refractivity contribution in [1.29, 1.82) is 0 Å². The summed E-state index contributed by atoms with van der Waals surface area (Å²) in [5.41, 5.74) is -0.573. The van der Waals surface area contributed by atoms with Crippen LogP contribution in [0.3, 0.4) is 0 Å². The number of hydrogen-bond donors (Lipinski definition) is 2. The molecular formula is C14H9N2NaO6. The van der Waals surface area contributed by atoms with Crippen LogP contribution >= 0.6 is 0 Å². The van der Waals surface area contributed by atoms with Crippen LogP contribution < -0.4 is 40.0 Å². The molecule has 0 atom stereocenters. The van der Waals surface area contributed by atoms with Gasteiger partial charge in [0.25, 0.3) is 11.6 Å². The molecule has 0 radical (unpaired) electrons. The first-order valence-corrected chi connectivity index (χ1v) is 5.98. The Hall–Kier alpha value is -2.42. The minimum Gasteiger partial charge on any atom is -0.872 e. The van der Waals surface area contributed by atoms with Gasteiger partial charge in [-0.25, -0.2) is 4.79 Å². The number of benzene rings is 2. The third-order valence-corrected chi connectivity index (χ3v) is 2.79. The fraction of sp³-hybridized carbons (Fsp3) is 0. The number of aromatic carboxylic acids is 1. The van der Waals surface area contributed by atoms with Crippen molar-refractivity contribution in [3.63, 3.8) is 0 Å². The Labute approximate surface area is 152 Å². The molecular weight excluding hydrogens is 315 g/mol.